The number of esters is 1. The molecule has 0 radical (unpaired) electrons. The summed E-state index contributed by atoms with van der Waals surface area (Å²) in [4.78, 5) is 23.3. The fourth-order valence-electron chi connectivity index (χ4n) is 1.88. The summed E-state index contributed by atoms with van der Waals surface area (Å²) in [6.45, 7) is 0.690. The van der Waals surface area contributed by atoms with E-state index in [-0.39, 0.29) is 6.03 Å². The third-order valence-electron chi connectivity index (χ3n) is 3.01. The van der Waals surface area contributed by atoms with Gasteiger partial charge in [0.05, 0.1) is 19.2 Å². The molecule has 2 amide bonds. The van der Waals surface area contributed by atoms with Crippen LogP contribution >= 0.6 is 15.9 Å². The number of ether oxygens (including phenoxy) is 2. The molecule has 0 bridgehead atoms. The molecule has 24 heavy (non-hydrogen) atoms. The highest BCUT2D eigenvalue weighted by Crippen LogP contribution is 2.15. The second-order valence-electron chi connectivity index (χ2n) is 4.76. The predicted molar refractivity (Wildman–Crippen MR) is 94.4 cm³/mol. The molecule has 0 spiro atoms. The lowest BCUT2D eigenvalue weighted by Gasteiger charge is -2.10. The number of urea groups is 1. The Labute approximate surface area is 148 Å². The lowest BCUT2D eigenvalue weighted by molar-refractivity contribution is 0.0600. The minimum absolute atomic E-state index is 0.344. The van der Waals surface area contributed by atoms with E-state index in [4.69, 9.17) is 4.74 Å². The Morgan fingerprint density at radius 1 is 1.12 bits per heavy atom. The van der Waals surface area contributed by atoms with Crippen LogP contribution in [0.1, 0.15) is 10.4 Å². The van der Waals surface area contributed by atoms with Crippen LogP contribution in [0.2, 0.25) is 0 Å². The summed E-state index contributed by atoms with van der Waals surface area (Å²) in [7, 11) is 1.31. The smallest absolute Gasteiger partial charge is 0.337 e. The highest BCUT2D eigenvalue weighted by atomic mass is 79.9. The molecule has 0 aliphatic heterocycles. The zero-order valence-electron chi connectivity index (χ0n) is 13.0. The predicted octanol–water partition coefficient (Wildman–Crippen LogP) is 3.44. The molecular weight excluding hydrogens is 376 g/mol. The summed E-state index contributed by atoms with van der Waals surface area (Å²) in [5.41, 5.74) is 0.873. The van der Waals surface area contributed by atoms with E-state index in [0.29, 0.717) is 24.4 Å². The van der Waals surface area contributed by atoms with Crippen LogP contribution in [-0.4, -0.2) is 32.3 Å². The van der Waals surface area contributed by atoms with Gasteiger partial charge in [0.2, 0.25) is 0 Å². The van der Waals surface area contributed by atoms with Gasteiger partial charge < -0.3 is 20.1 Å². The number of halogens is 1. The number of hydrogen-bond acceptors (Lipinski definition) is 4. The van der Waals surface area contributed by atoms with E-state index < -0.39 is 5.97 Å². The molecule has 6 nitrogen and oxygen atoms in total. The fourth-order valence-corrected chi connectivity index (χ4v) is 2.15. The van der Waals surface area contributed by atoms with E-state index in [0.717, 1.165) is 10.2 Å². The maximum absolute atomic E-state index is 11.8. The van der Waals surface area contributed by atoms with Gasteiger partial charge in [0.25, 0.3) is 0 Å². The van der Waals surface area contributed by atoms with E-state index in [1.807, 2.05) is 24.3 Å². The summed E-state index contributed by atoms with van der Waals surface area (Å²) in [5, 5.41) is 5.32. The van der Waals surface area contributed by atoms with Crippen molar-refractivity contribution >= 4 is 33.6 Å². The van der Waals surface area contributed by atoms with Gasteiger partial charge in [-0.25, -0.2) is 9.59 Å². The summed E-state index contributed by atoms with van der Waals surface area (Å²) in [6, 6.07) is 13.6. The minimum atomic E-state index is -0.457. The van der Waals surface area contributed by atoms with Crippen LogP contribution < -0.4 is 15.4 Å². The van der Waals surface area contributed by atoms with Gasteiger partial charge in [-0.2, -0.15) is 0 Å². The number of anilines is 1. The summed E-state index contributed by atoms with van der Waals surface area (Å²) in [6.07, 6.45) is 0. The molecule has 0 unspecified atom stereocenters. The normalized spacial score (nSPS) is 9.92. The van der Waals surface area contributed by atoms with E-state index in [1.165, 1.54) is 7.11 Å². The Hall–Kier alpha value is -2.54. The first-order valence-electron chi connectivity index (χ1n) is 7.20. The molecular formula is C17H17BrN2O4. The second-order valence-corrected chi connectivity index (χ2v) is 5.67. The van der Waals surface area contributed by atoms with Gasteiger partial charge >= 0.3 is 12.0 Å². The average Bonchev–Trinajstić information content (AvgIpc) is 2.60. The third kappa shape index (κ3) is 5.58. The van der Waals surface area contributed by atoms with Crippen molar-refractivity contribution < 1.29 is 19.1 Å². The standard InChI is InChI=1S/C17H17BrN2O4/c1-23-16(21)12-3-2-4-14(11-12)20-17(22)19-9-10-24-15-7-5-13(18)6-8-15/h2-8,11H,9-10H2,1H3,(H2,19,20,22). The summed E-state index contributed by atoms with van der Waals surface area (Å²) in [5.74, 6) is 0.271. The molecule has 0 heterocycles. The van der Waals surface area contributed by atoms with Crippen LogP contribution in [-0.2, 0) is 4.74 Å². The molecule has 2 N–H and O–H groups in total. The number of rotatable bonds is 6. The molecule has 0 aliphatic rings. The van der Waals surface area contributed by atoms with Crippen molar-refractivity contribution in [2.45, 2.75) is 0 Å². The number of nitrogens with one attached hydrogen (secondary N) is 2. The molecule has 0 saturated carbocycles. The van der Waals surface area contributed by atoms with Gasteiger partial charge in [-0.1, -0.05) is 22.0 Å². The molecule has 2 rings (SSSR count). The Morgan fingerprint density at radius 3 is 2.58 bits per heavy atom. The topological polar surface area (TPSA) is 76.7 Å². The van der Waals surface area contributed by atoms with Gasteiger partial charge in [0, 0.05) is 10.2 Å². The first-order chi connectivity index (χ1) is 11.6. The SMILES string of the molecule is COC(=O)c1cccc(NC(=O)NCCOc2ccc(Br)cc2)c1. The first-order valence-corrected chi connectivity index (χ1v) is 7.99. The van der Waals surface area contributed by atoms with Crippen LogP contribution in [0.4, 0.5) is 10.5 Å². The molecule has 0 aliphatic carbocycles. The van der Waals surface area contributed by atoms with Crippen LogP contribution in [0, 0.1) is 0 Å². The van der Waals surface area contributed by atoms with Gasteiger partial charge in [-0.15, -0.1) is 0 Å². The van der Waals surface area contributed by atoms with Gasteiger partial charge in [-0.3, -0.25) is 0 Å². The van der Waals surface area contributed by atoms with Gasteiger partial charge in [0.1, 0.15) is 12.4 Å². The molecule has 0 atom stereocenters. The first kappa shape index (κ1) is 17.8. The van der Waals surface area contributed by atoms with Crippen LogP contribution in [0.15, 0.2) is 53.0 Å². The number of carbonyl (C=O) groups is 2. The largest absolute Gasteiger partial charge is 0.492 e. The monoisotopic (exact) mass is 392 g/mol. The van der Waals surface area contributed by atoms with Crippen molar-refractivity contribution in [3.05, 3.63) is 58.6 Å². The van der Waals surface area contributed by atoms with Crippen LogP contribution in [0.25, 0.3) is 0 Å². The van der Waals surface area contributed by atoms with Crippen molar-refractivity contribution in [2.75, 3.05) is 25.6 Å². The van der Waals surface area contributed by atoms with Crippen molar-refractivity contribution in [3.63, 3.8) is 0 Å². The zero-order chi connectivity index (χ0) is 17.4. The zero-order valence-corrected chi connectivity index (χ0v) is 14.6. The van der Waals surface area contributed by atoms with Crippen molar-refractivity contribution in [1.82, 2.24) is 5.32 Å². The molecule has 7 heteroatoms. The van der Waals surface area contributed by atoms with Crippen LogP contribution in [0.5, 0.6) is 5.75 Å². The second kappa shape index (κ2) is 8.93. The Kier molecular flexibility index (Phi) is 6.62. The molecule has 2 aromatic carbocycles. The number of hydrogen-bond donors (Lipinski definition) is 2. The quantitative estimate of drug-likeness (QED) is 0.583. The van der Waals surface area contributed by atoms with E-state index in [9.17, 15) is 9.59 Å². The maximum Gasteiger partial charge on any atom is 0.337 e. The lowest BCUT2D eigenvalue weighted by atomic mass is 10.2. The molecule has 0 aromatic heterocycles. The Bertz CT molecular complexity index is 704. The number of amides is 2. The van der Waals surface area contributed by atoms with Crippen molar-refractivity contribution in [3.8, 4) is 5.75 Å². The van der Waals surface area contributed by atoms with E-state index >= 15 is 0 Å². The maximum atomic E-state index is 11.8. The molecule has 0 fully saturated rings. The number of carbonyl (C=O) groups excluding carboxylic acids is 2. The van der Waals surface area contributed by atoms with Gasteiger partial charge in [0.15, 0.2) is 0 Å². The molecule has 126 valence electrons. The third-order valence-corrected chi connectivity index (χ3v) is 3.54. The summed E-state index contributed by atoms with van der Waals surface area (Å²) >= 11 is 3.35. The molecule has 2 aromatic rings. The Morgan fingerprint density at radius 2 is 1.88 bits per heavy atom. The van der Waals surface area contributed by atoms with Crippen molar-refractivity contribution in [1.29, 1.82) is 0 Å². The summed E-state index contributed by atoms with van der Waals surface area (Å²) < 4.78 is 11.1. The minimum Gasteiger partial charge on any atom is -0.492 e. The Balaban J connectivity index is 1.75. The van der Waals surface area contributed by atoms with Crippen molar-refractivity contribution in [2.24, 2.45) is 0 Å². The molecule has 0 saturated heterocycles. The number of methoxy groups -OCH3 is 1. The highest BCUT2D eigenvalue weighted by molar-refractivity contribution is 9.10. The van der Waals surface area contributed by atoms with E-state index in [2.05, 4.69) is 31.3 Å². The fraction of sp³-hybridized carbons (Fsp3) is 0.176. The number of benzene rings is 2. The van der Waals surface area contributed by atoms with Gasteiger partial charge in [-0.05, 0) is 42.5 Å². The average molecular weight is 393 g/mol. The van der Waals surface area contributed by atoms with Crippen LogP contribution in [0.3, 0.4) is 0 Å². The highest BCUT2D eigenvalue weighted by Gasteiger charge is 2.07. The van der Waals surface area contributed by atoms with E-state index in [1.54, 1.807) is 24.3 Å². The lowest BCUT2D eigenvalue weighted by Crippen LogP contribution is -2.32.